The Morgan fingerprint density at radius 2 is 2.17 bits per heavy atom. The Morgan fingerprint density at radius 1 is 1.50 bits per heavy atom. The Kier molecular flexibility index (Phi) is 5.62. The maximum atomic E-state index is 9.34. The van der Waals surface area contributed by atoms with Crippen LogP contribution >= 0.6 is 0 Å². The van der Waals surface area contributed by atoms with E-state index >= 15 is 0 Å². The standard InChI is InChI=1S/C15H29N3/c1-6-17-15(5,11-16)10-14(4)18-8-7-12(2)9-13(18)3/h12-14,17H,6-10H2,1-5H3. The fourth-order valence-corrected chi connectivity index (χ4v) is 3.34. The molecule has 0 radical (unpaired) electrons. The number of rotatable bonds is 5. The highest BCUT2D eigenvalue weighted by Crippen LogP contribution is 2.26. The van der Waals surface area contributed by atoms with Gasteiger partial charge in [0.2, 0.25) is 0 Å². The predicted molar refractivity (Wildman–Crippen MR) is 76.3 cm³/mol. The third-order valence-electron chi connectivity index (χ3n) is 4.27. The van der Waals surface area contributed by atoms with E-state index in [1.165, 1.54) is 19.4 Å². The summed E-state index contributed by atoms with van der Waals surface area (Å²) >= 11 is 0. The van der Waals surface area contributed by atoms with Gasteiger partial charge in [0, 0.05) is 12.1 Å². The summed E-state index contributed by atoms with van der Waals surface area (Å²) in [6.45, 7) is 13.0. The highest BCUT2D eigenvalue weighted by atomic mass is 15.2. The van der Waals surface area contributed by atoms with Crippen LogP contribution < -0.4 is 5.32 Å². The van der Waals surface area contributed by atoms with Crippen LogP contribution in [0, 0.1) is 17.2 Å². The van der Waals surface area contributed by atoms with Gasteiger partial charge in [0.1, 0.15) is 5.54 Å². The Morgan fingerprint density at radius 3 is 2.67 bits per heavy atom. The number of nitrogens with one attached hydrogen (secondary N) is 1. The molecule has 1 N–H and O–H groups in total. The lowest BCUT2D eigenvalue weighted by atomic mass is 9.88. The summed E-state index contributed by atoms with van der Waals surface area (Å²) in [5.41, 5.74) is -0.392. The Hall–Kier alpha value is -0.590. The topological polar surface area (TPSA) is 39.1 Å². The normalized spacial score (nSPS) is 30.4. The lowest BCUT2D eigenvalue weighted by Crippen LogP contribution is -2.51. The van der Waals surface area contributed by atoms with Gasteiger partial charge in [0.25, 0.3) is 0 Å². The smallest absolute Gasteiger partial charge is 0.105 e. The molecule has 0 aromatic carbocycles. The van der Waals surface area contributed by atoms with Crippen molar-refractivity contribution in [2.75, 3.05) is 13.1 Å². The molecule has 0 spiro atoms. The molecule has 0 saturated carbocycles. The van der Waals surface area contributed by atoms with Crippen LogP contribution in [0.2, 0.25) is 0 Å². The van der Waals surface area contributed by atoms with Gasteiger partial charge >= 0.3 is 0 Å². The van der Waals surface area contributed by atoms with E-state index < -0.39 is 5.54 Å². The van der Waals surface area contributed by atoms with E-state index in [4.69, 9.17) is 0 Å². The molecular weight excluding hydrogens is 222 g/mol. The monoisotopic (exact) mass is 251 g/mol. The lowest BCUT2D eigenvalue weighted by Gasteiger charge is -2.42. The Balaban J connectivity index is 2.59. The van der Waals surface area contributed by atoms with Crippen LogP contribution in [0.4, 0.5) is 0 Å². The van der Waals surface area contributed by atoms with Crippen LogP contribution in [0.1, 0.15) is 53.9 Å². The highest BCUT2D eigenvalue weighted by Gasteiger charge is 2.32. The summed E-state index contributed by atoms with van der Waals surface area (Å²) < 4.78 is 0. The first-order valence-corrected chi connectivity index (χ1v) is 7.34. The third-order valence-corrected chi connectivity index (χ3v) is 4.27. The second-order valence-corrected chi connectivity index (χ2v) is 6.24. The Labute approximate surface area is 113 Å². The van der Waals surface area contributed by atoms with Crippen LogP contribution in [-0.4, -0.2) is 35.6 Å². The van der Waals surface area contributed by atoms with Crippen molar-refractivity contribution in [1.29, 1.82) is 5.26 Å². The summed E-state index contributed by atoms with van der Waals surface area (Å²) in [5.74, 6) is 0.847. The van der Waals surface area contributed by atoms with Crippen molar-refractivity contribution in [3.8, 4) is 6.07 Å². The van der Waals surface area contributed by atoms with Crippen molar-refractivity contribution in [2.24, 2.45) is 5.92 Å². The minimum absolute atomic E-state index is 0.392. The zero-order chi connectivity index (χ0) is 13.8. The van der Waals surface area contributed by atoms with Gasteiger partial charge in [-0.2, -0.15) is 5.26 Å². The molecule has 18 heavy (non-hydrogen) atoms. The van der Waals surface area contributed by atoms with Crippen molar-refractivity contribution >= 4 is 0 Å². The molecule has 4 atom stereocenters. The van der Waals surface area contributed by atoms with E-state index in [0.29, 0.717) is 12.1 Å². The molecule has 104 valence electrons. The first kappa shape index (κ1) is 15.5. The molecule has 1 aliphatic rings. The van der Waals surface area contributed by atoms with Crippen LogP contribution in [-0.2, 0) is 0 Å². The molecule has 0 aromatic rings. The number of hydrogen-bond donors (Lipinski definition) is 1. The van der Waals surface area contributed by atoms with Gasteiger partial charge in [-0.05, 0) is 59.0 Å². The number of nitrogens with zero attached hydrogens (tertiary/aromatic N) is 2. The Bertz CT molecular complexity index is 297. The first-order chi connectivity index (χ1) is 8.41. The fraction of sp³-hybridized carbons (Fsp3) is 0.933. The zero-order valence-corrected chi connectivity index (χ0v) is 12.7. The maximum Gasteiger partial charge on any atom is 0.105 e. The maximum absolute atomic E-state index is 9.34. The molecule has 4 unspecified atom stereocenters. The van der Waals surface area contributed by atoms with Gasteiger partial charge in [0.05, 0.1) is 6.07 Å². The van der Waals surface area contributed by atoms with Crippen LogP contribution in [0.15, 0.2) is 0 Å². The first-order valence-electron chi connectivity index (χ1n) is 7.34. The third kappa shape index (κ3) is 3.96. The molecule has 1 rings (SSSR count). The summed E-state index contributed by atoms with van der Waals surface area (Å²) in [5, 5.41) is 12.7. The molecule has 0 amide bonds. The van der Waals surface area contributed by atoms with E-state index in [-0.39, 0.29) is 0 Å². The summed E-state index contributed by atoms with van der Waals surface area (Å²) in [6, 6.07) is 3.55. The van der Waals surface area contributed by atoms with Crippen LogP contribution in [0.25, 0.3) is 0 Å². The van der Waals surface area contributed by atoms with Gasteiger partial charge in [-0.15, -0.1) is 0 Å². The van der Waals surface area contributed by atoms with Gasteiger partial charge in [-0.25, -0.2) is 0 Å². The lowest BCUT2D eigenvalue weighted by molar-refractivity contribution is 0.0762. The van der Waals surface area contributed by atoms with Crippen molar-refractivity contribution in [1.82, 2.24) is 10.2 Å². The zero-order valence-electron chi connectivity index (χ0n) is 12.7. The molecule has 1 fully saturated rings. The summed E-state index contributed by atoms with van der Waals surface area (Å²) in [4.78, 5) is 2.58. The molecular formula is C15H29N3. The van der Waals surface area contributed by atoms with Crippen LogP contribution in [0.3, 0.4) is 0 Å². The minimum Gasteiger partial charge on any atom is -0.300 e. The molecule has 0 aromatic heterocycles. The predicted octanol–water partition coefficient (Wildman–Crippen LogP) is 2.78. The van der Waals surface area contributed by atoms with E-state index in [2.05, 4.69) is 44.0 Å². The molecule has 1 heterocycles. The van der Waals surface area contributed by atoms with Gasteiger partial charge in [-0.3, -0.25) is 10.2 Å². The number of hydrogen-bond acceptors (Lipinski definition) is 3. The largest absolute Gasteiger partial charge is 0.300 e. The average molecular weight is 251 g/mol. The van der Waals surface area contributed by atoms with E-state index in [9.17, 15) is 5.26 Å². The molecule has 0 aliphatic carbocycles. The van der Waals surface area contributed by atoms with Gasteiger partial charge < -0.3 is 0 Å². The van der Waals surface area contributed by atoms with E-state index in [0.717, 1.165) is 18.9 Å². The van der Waals surface area contributed by atoms with Crippen molar-refractivity contribution in [2.45, 2.75) is 71.5 Å². The van der Waals surface area contributed by atoms with Gasteiger partial charge in [-0.1, -0.05) is 13.8 Å². The molecule has 3 nitrogen and oxygen atoms in total. The van der Waals surface area contributed by atoms with Crippen molar-refractivity contribution in [3.05, 3.63) is 0 Å². The number of piperidine rings is 1. The average Bonchev–Trinajstić information content (AvgIpc) is 2.28. The molecule has 0 bridgehead atoms. The summed E-state index contributed by atoms with van der Waals surface area (Å²) in [6.07, 6.45) is 3.48. The summed E-state index contributed by atoms with van der Waals surface area (Å²) in [7, 11) is 0. The second kappa shape index (κ2) is 6.54. The van der Waals surface area contributed by atoms with E-state index in [1.807, 2.05) is 6.92 Å². The molecule has 3 heteroatoms. The van der Waals surface area contributed by atoms with Crippen LogP contribution in [0.5, 0.6) is 0 Å². The molecule has 1 saturated heterocycles. The minimum atomic E-state index is -0.392. The second-order valence-electron chi connectivity index (χ2n) is 6.24. The number of likely N-dealkylation sites (tertiary alicyclic amines) is 1. The number of nitriles is 1. The molecule has 1 aliphatic heterocycles. The van der Waals surface area contributed by atoms with Crippen molar-refractivity contribution in [3.63, 3.8) is 0 Å². The van der Waals surface area contributed by atoms with E-state index in [1.54, 1.807) is 0 Å². The highest BCUT2D eigenvalue weighted by molar-refractivity contribution is 5.05. The quantitative estimate of drug-likeness (QED) is 0.816. The van der Waals surface area contributed by atoms with Gasteiger partial charge in [0.15, 0.2) is 0 Å². The SMILES string of the molecule is CCNC(C)(C#N)CC(C)N1CCC(C)CC1C. The fourth-order valence-electron chi connectivity index (χ4n) is 3.34. The van der Waals surface area contributed by atoms with Crippen molar-refractivity contribution < 1.29 is 0 Å².